The van der Waals surface area contributed by atoms with Gasteiger partial charge in [0.25, 0.3) is 5.56 Å². The Bertz CT molecular complexity index is 989. The van der Waals surface area contributed by atoms with E-state index in [1.807, 2.05) is 35.3 Å². The Labute approximate surface area is 157 Å². The van der Waals surface area contributed by atoms with Crippen molar-refractivity contribution in [2.45, 2.75) is 26.3 Å². The average Bonchev–Trinajstić information content (AvgIpc) is 3.05. The van der Waals surface area contributed by atoms with Crippen molar-refractivity contribution in [1.29, 1.82) is 0 Å². The monoisotopic (exact) mass is 368 g/mol. The van der Waals surface area contributed by atoms with Crippen LogP contribution in [-0.4, -0.2) is 45.7 Å². The van der Waals surface area contributed by atoms with Crippen LogP contribution in [0.1, 0.15) is 24.6 Å². The van der Waals surface area contributed by atoms with Gasteiger partial charge in [-0.05, 0) is 12.0 Å². The Morgan fingerprint density at radius 3 is 2.63 bits per heavy atom. The Morgan fingerprint density at radius 1 is 1.19 bits per heavy atom. The second-order valence-electron chi connectivity index (χ2n) is 6.70. The quantitative estimate of drug-likeness (QED) is 0.726. The zero-order valence-corrected chi connectivity index (χ0v) is 15.5. The lowest BCUT2D eigenvalue weighted by molar-refractivity contribution is 0.110. The van der Waals surface area contributed by atoms with E-state index in [2.05, 4.69) is 11.9 Å². The second kappa shape index (κ2) is 7.40. The van der Waals surface area contributed by atoms with Crippen LogP contribution in [-0.2, 0) is 17.7 Å². The minimum absolute atomic E-state index is 0.164. The number of nitrogens with zero attached hydrogens (tertiary/aromatic N) is 5. The Morgan fingerprint density at radius 2 is 1.93 bits per heavy atom. The number of aryl methyl sites for hydroxylation is 1. The molecule has 2 N–H and O–H groups in total. The molecule has 3 aromatic rings. The van der Waals surface area contributed by atoms with Crippen molar-refractivity contribution in [2.24, 2.45) is 0 Å². The molecule has 0 atom stereocenters. The molecule has 3 heterocycles. The number of rotatable bonds is 5. The molecular formula is C19H24N6O2. The standard InChI is InChI=1S/C19H24N6O2/c1-2-6-15-16-17(25(22-15)23-9-11-27-12-10-23)18(26)24(19(20)21-16)13-14-7-4-3-5-8-14/h3-5,7-8H,2,6,9-13H2,1H3,(H2,20,21). The van der Waals surface area contributed by atoms with Gasteiger partial charge in [0.05, 0.1) is 38.5 Å². The zero-order chi connectivity index (χ0) is 18.8. The summed E-state index contributed by atoms with van der Waals surface area (Å²) in [6.45, 7) is 5.07. The Balaban J connectivity index is 1.87. The molecular weight excluding hydrogens is 344 g/mol. The molecule has 1 aliphatic rings. The summed E-state index contributed by atoms with van der Waals surface area (Å²) in [5.74, 6) is 0.218. The third-order valence-corrected chi connectivity index (χ3v) is 4.79. The molecule has 2 aromatic heterocycles. The number of fused-ring (bicyclic) bond motifs is 1. The summed E-state index contributed by atoms with van der Waals surface area (Å²) in [5.41, 5.74) is 8.92. The van der Waals surface area contributed by atoms with Crippen molar-refractivity contribution < 1.29 is 4.74 Å². The molecule has 4 rings (SSSR count). The molecule has 1 aromatic carbocycles. The smallest absolute Gasteiger partial charge is 0.283 e. The highest BCUT2D eigenvalue weighted by Crippen LogP contribution is 2.18. The molecule has 8 nitrogen and oxygen atoms in total. The number of ether oxygens (including phenoxy) is 1. The Kier molecular flexibility index (Phi) is 4.81. The maximum Gasteiger partial charge on any atom is 0.283 e. The van der Waals surface area contributed by atoms with Gasteiger partial charge < -0.3 is 10.5 Å². The maximum absolute atomic E-state index is 13.4. The van der Waals surface area contributed by atoms with Crippen LogP contribution in [0.3, 0.4) is 0 Å². The lowest BCUT2D eigenvalue weighted by atomic mass is 10.2. The first kappa shape index (κ1) is 17.5. The molecule has 0 radical (unpaired) electrons. The summed E-state index contributed by atoms with van der Waals surface area (Å²) in [6, 6.07) is 9.77. The number of anilines is 1. The first-order valence-corrected chi connectivity index (χ1v) is 9.34. The third kappa shape index (κ3) is 3.28. The summed E-state index contributed by atoms with van der Waals surface area (Å²) >= 11 is 0. The van der Waals surface area contributed by atoms with E-state index in [1.165, 1.54) is 4.57 Å². The van der Waals surface area contributed by atoms with E-state index in [0.29, 0.717) is 43.9 Å². The van der Waals surface area contributed by atoms with Crippen molar-refractivity contribution in [1.82, 2.24) is 19.4 Å². The van der Waals surface area contributed by atoms with E-state index in [-0.39, 0.29) is 11.5 Å². The van der Waals surface area contributed by atoms with Gasteiger partial charge in [-0.25, -0.2) is 4.98 Å². The van der Waals surface area contributed by atoms with Crippen molar-refractivity contribution in [2.75, 3.05) is 37.0 Å². The van der Waals surface area contributed by atoms with E-state index < -0.39 is 0 Å². The SMILES string of the molecule is CCCc1nn(N2CCOCC2)c2c(=O)n(Cc3ccccc3)c(N)nc12. The van der Waals surface area contributed by atoms with Crippen molar-refractivity contribution in [3.05, 3.63) is 51.9 Å². The molecule has 142 valence electrons. The number of morpholine rings is 1. The van der Waals surface area contributed by atoms with Gasteiger partial charge in [0.15, 0.2) is 5.52 Å². The van der Waals surface area contributed by atoms with Gasteiger partial charge in [0, 0.05) is 0 Å². The van der Waals surface area contributed by atoms with Crippen LogP contribution >= 0.6 is 0 Å². The number of nitrogens with two attached hydrogens (primary N) is 1. The molecule has 0 amide bonds. The minimum Gasteiger partial charge on any atom is -0.378 e. The van der Waals surface area contributed by atoms with Crippen molar-refractivity contribution in [3.63, 3.8) is 0 Å². The van der Waals surface area contributed by atoms with Crippen LogP contribution in [0.2, 0.25) is 0 Å². The molecule has 1 aliphatic heterocycles. The molecule has 27 heavy (non-hydrogen) atoms. The predicted octanol–water partition coefficient (Wildman–Crippen LogP) is 1.14. The fraction of sp³-hybridized carbons (Fsp3) is 0.421. The van der Waals surface area contributed by atoms with E-state index in [4.69, 9.17) is 15.6 Å². The molecule has 0 bridgehead atoms. The van der Waals surface area contributed by atoms with E-state index in [1.54, 1.807) is 4.79 Å². The van der Waals surface area contributed by atoms with Crippen LogP contribution in [0.25, 0.3) is 11.0 Å². The van der Waals surface area contributed by atoms with Gasteiger partial charge in [0.2, 0.25) is 5.95 Å². The van der Waals surface area contributed by atoms with Crippen LogP contribution in [0.5, 0.6) is 0 Å². The molecule has 1 saturated heterocycles. The van der Waals surface area contributed by atoms with Crippen LogP contribution < -0.4 is 16.3 Å². The number of aromatic nitrogens is 4. The summed E-state index contributed by atoms with van der Waals surface area (Å²) in [4.78, 5) is 19.6. The van der Waals surface area contributed by atoms with Crippen molar-refractivity contribution in [3.8, 4) is 0 Å². The first-order chi connectivity index (χ1) is 13.2. The highest BCUT2D eigenvalue weighted by atomic mass is 16.5. The van der Waals surface area contributed by atoms with Gasteiger partial charge in [-0.1, -0.05) is 43.7 Å². The highest BCUT2D eigenvalue weighted by molar-refractivity contribution is 5.78. The lowest BCUT2D eigenvalue weighted by Crippen LogP contribution is -2.45. The van der Waals surface area contributed by atoms with E-state index >= 15 is 0 Å². The normalized spacial score (nSPS) is 14.8. The topological polar surface area (TPSA) is 91.2 Å². The van der Waals surface area contributed by atoms with Gasteiger partial charge in [-0.2, -0.15) is 9.89 Å². The molecule has 0 saturated carbocycles. The number of hydrogen-bond donors (Lipinski definition) is 1. The first-order valence-electron chi connectivity index (χ1n) is 9.34. The molecule has 0 unspecified atom stereocenters. The van der Waals surface area contributed by atoms with Crippen molar-refractivity contribution >= 4 is 17.0 Å². The van der Waals surface area contributed by atoms with E-state index in [0.717, 1.165) is 24.1 Å². The van der Waals surface area contributed by atoms with Gasteiger partial charge in [-0.3, -0.25) is 14.4 Å². The fourth-order valence-corrected chi connectivity index (χ4v) is 3.43. The summed E-state index contributed by atoms with van der Waals surface area (Å²) in [6.07, 6.45) is 1.67. The molecule has 0 spiro atoms. The zero-order valence-electron chi connectivity index (χ0n) is 15.5. The predicted molar refractivity (Wildman–Crippen MR) is 105 cm³/mol. The minimum atomic E-state index is -0.164. The molecule has 1 fully saturated rings. The van der Waals surface area contributed by atoms with Crippen LogP contribution in [0, 0.1) is 0 Å². The number of benzene rings is 1. The van der Waals surface area contributed by atoms with Gasteiger partial charge in [0.1, 0.15) is 5.52 Å². The maximum atomic E-state index is 13.4. The van der Waals surface area contributed by atoms with Gasteiger partial charge in [-0.15, -0.1) is 0 Å². The van der Waals surface area contributed by atoms with Crippen LogP contribution in [0.4, 0.5) is 5.95 Å². The second-order valence-corrected chi connectivity index (χ2v) is 6.70. The third-order valence-electron chi connectivity index (χ3n) is 4.79. The summed E-state index contributed by atoms with van der Waals surface area (Å²) in [7, 11) is 0. The molecule has 0 aliphatic carbocycles. The molecule has 8 heteroatoms. The number of nitrogen functional groups attached to an aromatic ring is 1. The summed E-state index contributed by atoms with van der Waals surface area (Å²) in [5, 5.41) is 6.75. The Hall–Kier alpha value is -2.87. The summed E-state index contributed by atoms with van der Waals surface area (Å²) < 4.78 is 6.96. The average molecular weight is 368 g/mol. The highest BCUT2D eigenvalue weighted by Gasteiger charge is 2.23. The number of hydrogen-bond acceptors (Lipinski definition) is 6. The van der Waals surface area contributed by atoms with Gasteiger partial charge >= 0.3 is 0 Å². The fourth-order valence-electron chi connectivity index (χ4n) is 3.43. The van der Waals surface area contributed by atoms with E-state index in [9.17, 15) is 4.79 Å². The lowest BCUT2D eigenvalue weighted by Gasteiger charge is -2.28. The van der Waals surface area contributed by atoms with Crippen LogP contribution in [0.15, 0.2) is 35.1 Å². The largest absolute Gasteiger partial charge is 0.378 e.